The second-order valence-corrected chi connectivity index (χ2v) is 4.24. The summed E-state index contributed by atoms with van der Waals surface area (Å²) >= 11 is 0. The van der Waals surface area contributed by atoms with Crippen LogP contribution < -0.4 is 10.5 Å². The molecule has 0 saturated heterocycles. The molecule has 0 unspecified atom stereocenters. The van der Waals surface area contributed by atoms with Gasteiger partial charge in [-0.25, -0.2) is 0 Å². The van der Waals surface area contributed by atoms with Gasteiger partial charge in [-0.2, -0.15) is 0 Å². The first-order chi connectivity index (χ1) is 8.61. The van der Waals surface area contributed by atoms with E-state index < -0.39 is 0 Å². The van der Waals surface area contributed by atoms with E-state index in [1.165, 1.54) is 0 Å². The van der Waals surface area contributed by atoms with Crippen molar-refractivity contribution in [1.82, 2.24) is 4.90 Å². The predicted octanol–water partition coefficient (Wildman–Crippen LogP) is 2.54. The number of hydrogen-bond donors (Lipinski definition) is 1. The van der Waals surface area contributed by atoms with E-state index in [0.717, 1.165) is 19.4 Å². The molecule has 0 bridgehead atoms. The van der Waals surface area contributed by atoms with Crippen molar-refractivity contribution in [2.24, 2.45) is 0 Å². The average Bonchev–Trinajstić information content (AvgIpc) is 2.37. The molecule has 0 aliphatic carbocycles. The number of ether oxygens (including phenoxy) is 1. The number of para-hydroxylation sites is 1. The van der Waals surface area contributed by atoms with Crippen molar-refractivity contribution in [2.45, 2.75) is 26.7 Å². The molecule has 4 nitrogen and oxygen atoms in total. The molecule has 0 aliphatic rings. The molecule has 100 valence electrons. The Morgan fingerprint density at radius 2 is 2.11 bits per heavy atom. The van der Waals surface area contributed by atoms with Crippen molar-refractivity contribution >= 4 is 11.6 Å². The average molecular weight is 250 g/mol. The zero-order valence-electron chi connectivity index (χ0n) is 11.4. The Morgan fingerprint density at radius 3 is 2.72 bits per heavy atom. The molecular weight excluding hydrogens is 228 g/mol. The van der Waals surface area contributed by atoms with Gasteiger partial charge in [-0.15, -0.1) is 0 Å². The van der Waals surface area contributed by atoms with Crippen molar-refractivity contribution in [3.63, 3.8) is 0 Å². The van der Waals surface area contributed by atoms with Crippen LogP contribution in [-0.4, -0.2) is 31.0 Å². The van der Waals surface area contributed by atoms with Crippen LogP contribution in [-0.2, 0) is 0 Å². The molecule has 0 heterocycles. The highest BCUT2D eigenvalue weighted by atomic mass is 16.5. The van der Waals surface area contributed by atoms with Crippen LogP contribution in [0.15, 0.2) is 18.2 Å². The minimum Gasteiger partial charge on any atom is -0.491 e. The standard InChI is InChI=1S/C14H22N2O2/c1-4-6-10-16(3)14(17)11-8-7-9-12(15)13(11)18-5-2/h7-9H,4-6,10,15H2,1-3H3. The van der Waals surface area contributed by atoms with Crippen LogP contribution in [0.4, 0.5) is 5.69 Å². The molecule has 0 saturated carbocycles. The highest BCUT2D eigenvalue weighted by Gasteiger charge is 2.18. The zero-order chi connectivity index (χ0) is 13.5. The summed E-state index contributed by atoms with van der Waals surface area (Å²) in [6, 6.07) is 5.28. The van der Waals surface area contributed by atoms with Crippen LogP contribution in [0.3, 0.4) is 0 Å². The van der Waals surface area contributed by atoms with Gasteiger partial charge < -0.3 is 15.4 Å². The van der Waals surface area contributed by atoms with Gasteiger partial charge in [0.25, 0.3) is 5.91 Å². The largest absolute Gasteiger partial charge is 0.491 e. The highest BCUT2D eigenvalue weighted by molar-refractivity contribution is 5.98. The summed E-state index contributed by atoms with van der Waals surface area (Å²) in [6.07, 6.45) is 2.06. The lowest BCUT2D eigenvalue weighted by Crippen LogP contribution is -2.28. The highest BCUT2D eigenvalue weighted by Crippen LogP contribution is 2.27. The van der Waals surface area contributed by atoms with Crippen LogP contribution in [0.1, 0.15) is 37.0 Å². The summed E-state index contributed by atoms with van der Waals surface area (Å²) in [5.74, 6) is 0.451. The summed E-state index contributed by atoms with van der Waals surface area (Å²) in [7, 11) is 1.80. The van der Waals surface area contributed by atoms with E-state index in [1.54, 1.807) is 30.1 Å². The lowest BCUT2D eigenvalue weighted by Gasteiger charge is -2.19. The Balaban J connectivity index is 2.94. The number of anilines is 1. The number of carbonyl (C=O) groups is 1. The minimum absolute atomic E-state index is 0.0424. The number of nitrogens with two attached hydrogens (primary N) is 1. The van der Waals surface area contributed by atoms with E-state index >= 15 is 0 Å². The first kappa shape index (κ1) is 14.4. The summed E-state index contributed by atoms with van der Waals surface area (Å²) in [5.41, 5.74) is 6.89. The van der Waals surface area contributed by atoms with Gasteiger partial charge in [0.15, 0.2) is 5.75 Å². The lowest BCUT2D eigenvalue weighted by atomic mass is 10.1. The number of hydrogen-bond acceptors (Lipinski definition) is 3. The van der Waals surface area contributed by atoms with Gasteiger partial charge in [0.05, 0.1) is 17.9 Å². The fourth-order valence-electron chi connectivity index (χ4n) is 1.73. The van der Waals surface area contributed by atoms with E-state index in [1.807, 2.05) is 6.92 Å². The molecule has 1 amide bonds. The molecule has 0 aromatic heterocycles. The minimum atomic E-state index is -0.0424. The molecule has 1 aromatic rings. The molecule has 1 aromatic carbocycles. The molecule has 0 spiro atoms. The maximum atomic E-state index is 12.3. The third kappa shape index (κ3) is 3.39. The van der Waals surface area contributed by atoms with Crippen molar-refractivity contribution in [2.75, 3.05) is 25.9 Å². The Hall–Kier alpha value is -1.71. The molecular formula is C14H22N2O2. The van der Waals surface area contributed by atoms with Gasteiger partial charge in [0.1, 0.15) is 0 Å². The lowest BCUT2D eigenvalue weighted by molar-refractivity contribution is 0.0789. The number of amides is 1. The normalized spacial score (nSPS) is 10.2. The maximum Gasteiger partial charge on any atom is 0.257 e. The Morgan fingerprint density at radius 1 is 1.39 bits per heavy atom. The molecule has 1 rings (SSSR count). The van der Waals surface area contributed by atoms with Crippen LogP contribution in [0.25, 0.3) is 0 Å². The quantitative estimate of drug-likeness (QED) is 0.789. The van der Waals surface area contributed by atoms with E-state index in [2.05, 4.69) is 6.92 Å². The molecule has 0 radical (unpaired) electrons. The van der Waals surface area contributed by atoms with Gasteiger partial charge in [-0.1, -0.05) is 19.4 Å². The van der Waals surface area contributed by atoms with E-state index in [0.29, 0.717) is 23.6 Å². The molecule has 2 N–H and O–H groups in total. The number of rotatable bonds is 6. The van der Waals surface area contributed by atoms with Crippen LogP contribution in [0, 0.1) is 0 Å². The Labute approximate surface area is 109 Å². The predicted molar refractivity (Wildman–Crippen MR) is 73.9 cm³/mol. The SMILES string of the molecule is CCCCN(C)C(=O)c1cccc(N)c1OCC. The zero-order valence-corrected chi connectivity index (χ0v) is 11.4. The molecule has 4 heteroatoms. The van der Waals surface area contributed by atoms with Crippen LogP contribution in [0.2, 0.25) is 0 Å². The maximum absolute atomic E-state index is 12.3. The van der Waals surface area contributed by atoms with Gasteiger partial charge in [0, 0.05) is 13.6 Å². The number of nitrogen functional groups attached to an aromatic ring is 1. The summed E-state index contributed by atoms with van der Waals surface area (Å²) < 4.78 is 5.47. The smallest absolute Gasteiger partial charge is 0.257 e. The van der Waals surface area contributed by atoms with Crippen molar-refractivity contribution in [3.05, 3.63) is 23.8 Å². The van der Waals surface area contributed by atoms with Crippen molar-refractivity contribution < 1.29 is 9.53 Å². The van der Waals surface area contributed by atoms with Gasteiger partial charge in [0.2, 0.25) is 0 Å². The Bertz CT molecular complexity index is 405. The number of nitrogens with zero attached hydrogens (tertiary/aromatic N) is 1. The van der Waals surface area contributed by atoms with Gasteiger partial charge in [-0.3, -0.25) is 4.79 Å². The first-order valence-electron chi connectivity index (χ1n) is 6.38. The third-order valence-electron chi connectivity index (χ3n) is 2.76. The summed E-state index contributed by atoms with van der Waals surface area (Å²) in [4.78, 5) is 14.0. The summed E-state index contributed by atoms with van der Waals surface area (Å²) in [5, 5.41) is 0. The molecule has 0 aliphatic heterocycles. The fourth-order valence-corrected chi connectivity index (χ4v) is 1.73. The van der Waals surface area contributed by atoms with E-state index in [-0.39, 0.29) is 5.91 Å². The molecule has 18 heavy (non-hydrogen) atoms. The summed E-state index contributed by atoms with van der Waals surface area (Å²) in [6.45, 7) is 5.22. The molecule has 0 fully saturated rings. The number of benzene rings is 1. The fraction of sp³-hybridized carbons (Fsp3) is 0.500. The Kier molecular flexibility index (Phi) is 5.49. The second-order valence-electron chi connectivity index (χ2n) is 4.24. The topological polar surface area (TPSA) is 55.6 Å². The van der Waals surface area contributed by atoms with Crippen molar-refractivity contribution in [3.8, 4) is 5.75 Å². The van der Waals surface area contributed by atoms with Crippen LogP contribution in [0.5, 0.6) is 5.75 Å². The second kappa shape index (κ2) is 6.89. The van der Waals surface area contributed by atoms with Crippen LogP contribution >= 0.6 is 0 Å². The van der Waals surface area contributed by atoms with E-state index in [9.17, 15) is 4.79 Å². The first-order valence-corrected chi connectivity index (χ1v) is 6.38. The van der Waals surface area contributed by atoms with Crippen molar-refractivity contribution in [1.29, 1.82) is 0 Å². The monoisotopic (exact) mass is 250 g/mol. The van der Waals surface area contributed by atoms with Gasteiger partial charge in [-0.05, 0) is 25.5 Å². The number of carbonyl (C=O) groups excluding carboxylic acids is 1. The van der Waals surface area contributed by atoms with Gasteiger partial charge >= 0.3 is 0 Å². The third-order valence-corrected chi connectivity index (χ3v) is 2.76. The molecule has 0 atom stereocenters. The van der Waals surface area contributed by atoms with E-state index in [4.69, 9.17) is 10.5 Å². The number of unbranched alkanes of at least 4 members (excludes halogenated alkanes) is 1.